The van der Waals surface area contributed by atoms with E-state index in [9.17, 15) is 0 Å². The van der Waals surface area contributed by atoms with Crippen LogP contribution >= 0.6 is 0 Å². The van der Waals surface area contributed by atoms with E-state index in [0.29, 0.717) is 18.5 Å². The Kier molecular flexibility index (Phi) is 3.90. The van der Waals surface area contributed by atoms with Gasteiger partial charge in [-0.25, -0.2) is 5.01 Å². The van der Waals surface area contributed by atoms with Crippen molar-refractivity contribution in [2.24, 2.45) is 5.73 Å². The van der Waals surface area contributed by atoms with Crippen molar-refractivity contribution in [3.63, 3.8) is 0 Å². The highest BCUT2D eigenvalue weighted by Gasteiger charge is 2.27. The van der Waals surface area contributed by atoms with Gasteiger partial charge in [-0.3, -0.25) is 10.3 Å². The van der Waals surface area contributed by atoms with E-state index in [1.807, 2.05) is 47.1 Å². The molecule has 0 amide bonds. The zero-order valence-corrected chi connectivity index (χ0v) is 11.5. The Labute approximate surface area is 114 Å². The highest BCUT2D eigenvalue weighted by atomic mass is 15.7. The summed E-state index contributed by atoms with van der Waals surface area (Å²) in [6.07, 6.45) is 6.00. The topological polar surface area (TPSA) is 35.5 Å². The van der Waals surface area contributed by atoms with Crippen molar-refractivity contribution in [1.29, 1.82) is 0 Å². The molecule has 0 saturated heterocycles. The van der Waals surface area contributed by atoms with E-state index in [-0.39, 0.29) is 0 Å². The number of hydrazine groups is 1. The van der Waals surface area contributed by atoms with Gasteiger partial charge in [0.1, 0.15) is 0 Å². The zero-order chi connectivity index (χ0) is 13.8. The number of benzene rings is 1. The summed E-state index contributed by atoms with van der Waals surface area (Å²) in [7, 11) is 1.99. The molecule has 0 aliphatic carbocycles. The second kappa shape index (κ2) is 5.61. The number of anilines is 1. The normalized spacial score (nSPS) is 18.6. The Morgan fingerprint density at radius 1 is 1.42 bits per heavy atom. The van der Waals surface area contributed by atoms with Crippen molar-refractivity contribution < 1.29 is 4.58 Å². The van der Waals surface area contributed by atoms with Crippen LogP contribution in [-0.4, -0.2) is 35.2 Å². The van der Waals surface area contributed by atoms with Gasteiger partial charge in [0, 0.05) is 0 Å². The van der Waals surface area contributed by atoms with Crippen LogP contribution in [0.3, 0.4) is 0 Å². The maximum atomic E-state index is 6.22. The van der Waals surface area contributed by atoms with Crippen LogP contribution in [0.15, 0.2) is 55.3 Å². The molecule has 2 N–H and O–H groups in total. The van der Waals surface area contributed by atoms with Gasteiger partial charge in [-0.2, -0.15) is 0 Å². The minimum absolute atomic E-state index is 0.303. The summed E-state index contributed by atoms with van der Waals surface area (Å²) in [5, 5.41) is 4.04. The van der Waals surface area contributed by atoms with Crippen molar-refractivity contribution in [3.8, 4) is 0 Å². The molecule has 0 fully saturated rings. The molecule has 1 aromatic rings. The fourth-order valence-electron chi connectivity index (χ4n) is 2.03. The number of nitrogens with two attached hydrogens (primary N) is 1. The summed E-state index contributed by atoms with van der Waals surface area (Å²) >= 11 is 0. The molecule has 1 aromatic carbocycles. The molecule has 1 unspecified atom stereocenters. The lowest BCUT2D eigenvalue weighted by Gasteiger charge is -2.32. The van der Waals surface area contributed by atoms with Gasteiger partial charge in [-0.05, 0) is 25.1 Å². The number of guanidine groups is 1. The number of likely N-dealkylation sites (N-methyl/N-ethyl adjacent to an activating group) is 1. The number of hydrogen-bond acceptors (Lipinski definition) is 3. The third kappa shape index (κ3) is 2.62. The molecule has 1 aliphatic rings. The predicted molar refractivity (Wildman–Crippen MR) is 79.8 cm³/mol. The molecule has 4 heteroatoms. The molecule has 0 bridgehead atoms. The van der Waals surface area contributed by atoms with Crippen LogP contribution in [0, 0.1) is 0 Å². The summed E-state index contributed by atoms with van der Waals surface area (Å²) in [4.78, 5) is 0. The van der Waals surface area contributed by atoms with Crippen molar-refractivity contribution in [3.05, 3.63) is 55.3 Å². The average Bonchev–Trinajstić information content (AvgIpc) is 2.44. The van der Waals surface area contributed by atoms with Gasteiger partial charge in [-0.1, -0.05) is 24.3 Å². The van der Waals surface area contributed by atoms with Crippen LogP contribution in [-0.2, 0) is 0 Å². The first-order valence-corrected chi connectivity index (χ1v) is 6.41. The van der Waals surface area contributed by atoms with Crippen LogP contribution in [0.4, 0.5) is 5.69 Å². The molecule has 0 radical (unpaired) electrons. The van der Waals surface area contributed by atoms with Crippen LogP contribution in [0.5, 0.6) is 0 Å². The van der Waals surface area contributed by atoms with E-state index in [0.717, 1.165) is 5.69 Å². The van der Waals surface area contributed by atoms with E-state index in [2.05, 4.69) is 36.7 Å². The Hall–Kier alpha value is -2.23. The van der Waals surface area contributed by atoms with Crippen LogP contribution in [0.2, 0.25) is 0 Å². The number of nitrogens with zero attached hydrogens (tertiary/aromatic N) is 3. The molecule has 19 heavy (non-hydrogen) atoms. The molecular weight excluding hydrogens is 236 g/mol. The van der Waals surface area contributed by atoms with Crippen molar-refractivity contribution >= 4 is 11.6 Å². The largest absolute Gasteiger partial charge is 0.373 e. The van der Waals surface area contributed by atoms with Gasteiger partial charge in [0.2, 0.25) is 0 Å². The first-order chi connectivity index (χ1) is 9.15. The van der Waals surface area contributed by atoms with Gasteiger partial charge >= 0.3 is 5.96 Å². The summed E-state index contributed by atoms with van der Waals surface area (Å²) in [6, 6.07) is 10.5. The molecule has 1 aliphatic heterocycles. The average molecular weight is 257 g/mol. The van der Waals surface area contributed by atoms with Crippen molar-refractivity contribution in [2.45, 2.75) is 13.0 Å². The zero-order valence-electron chi connectivity index (χ0n) is 11.5. The molecule has 1 heterocycles. The second-order valence-electron chi connectivity index (χ2n) is 4.60. The molecule has 4 nitrogen and oxygen atoms in total. The van der Waals surface area contributed by atoms with Crippen molar-refractivity contribution in [2.75, 3.05) is 18.6 Å². The minimum atomic E-state index is 0.303. The van der Waals surface area contributed by atoms with E-state index in [1.54, 1.807) is 0 Å². The third-order valence-corrected chi connectivity index (χ3v) is 3.33. The fourth-order valence-corrected chi connectivity index (χ4v) is 2.03. The summed E-state index contributed by atoms with van der Waals surface area (Å²) < 4.78 is 2.04. The fraction of sp³-hybridized carbons (Fsp3) is 0.267. The third-order valence-electron chi connectivity index (χ3n) is 3.33. The lowest BCUT2D eigenvalue weighted by Crippen LogP contribution is -2.53. The quantitative estimate of drug-likeness (QED) is 0.659. The molecule has 2 rings (SSSR count). The lowest BCUT2D eigenvalue weighted by molar-refractivity contribution is -0.529. The highest BCUT2D eigenvalue weighted by molar-refractivity contribution is 5.77. The maximum Gasteiger partial charge on any atom is 0.373 e. The lowest BCUT2D eigenvalue weighted by atomic mass is 10.3. The Morgan fingerprint density at radius 3 is 2.74 bits per heavy atom. The monoisotopic (exact) mass is 257 g/mol. The summed E-state index contributed by atoms with van der Waals surface area (Å²) in [6.45, 7) is 6.63. The van der Waals surface area contributed by atoms with Gasteiger partial charge in [0.15, 0.2) is 0 Å². The van der Waals surface area contributed by atoms with Crippen LogP contribution < -0.4 is 10.7 Å². The first kappa shape index (κ1) is 13.2. The Morgan fingerprint density at radius 2 is 2.11 bits per heavy atom. The van der Waals surface area contributed by atoms with Gasteiger partial charge in [0.25, 0.3) is 0 Å². The van der Waals surface area contributed by atoms with Crippen LogP contribution in [0.1, 0.15) is 6.92 Å². The standard InChI is InChI=1S/C15H20N4/c1-4-11-18(14-8-6-5-7-9-14)19-12-10-13(2)17(3)15(19)16/h4-10,12-13,16H,1,11H2,2-3H3/p+1. The maximum absolute atomic E-state index is 6.22. The first-order valence-electron chi connectivity index (χ1n) is 6.41. The molecule has 0 spiro atoms. The van der Waals surface area contributed by atoms with Crippen LogP contribution in [0.25, 0.3) is 0 Å². The van der Waals surface area contributed by atoms with Gasteiger partial charge in [-0.15, -0.1) is 11.6 Å². The van der Waals surface area contributed by atoms with E-state index >= 15 is 0 Å². The molecular formula is C15H21N4+. The van der Waals surface area contributed by atoms with Crippen molar-refractivity contribution in [1.82, 2.24) is 5.01 Å². The number of hydrogen-bond donors (Lipinski definition) is 1. The smallest absolute Gasteiger partial charge is 0.289 e. The predicted octanol–water partition coefficient (Wildman–Crippen LogP) is 1.77. The molecule has 1 atom stereocenters. The Bertz CT molecular complexity index is 504. The minimum Gasteiger partial charge on any atom is -0.289 e. The summed E-state index contributed by atoms with van der Waals surface area (Å²) in [5.41, 5.74) is 7.30. The number of para-hydroxylation sites is 1. The van der Waals surface area contributed by atoms with Gasteiger partial charge < -0.3 is 0 Å². The van der Waals surface area contributed by atoms with E-state index in [1.165, 1.54) is 0 Å². The molecule has 0 saturated carbocycles. The van der Waals surface area contributed by atoms with E-state index < -0.39 is 0 Å². The highest BCUT2D eigenvalue weighted by Crippen LogP contribution is 2.18. The summed E-state index contributed by atoms with van der Waals surface area (Å²) in [5.74, 6) is 0.709. The number of rotatable bonds is 4. The van der Waals surface area contributed by atoms with Gasteiger partial charge in [0.05, 0.1) is 31.5 Å². The molecule has 100 valence electrons. The Balaban J connectivity index is 2.36. The molecule has 0 aromatic heterocycles. The second-order valence-corrected chi connectivity index (χ2v) is 4.60. The SMILES string of the molecule is C=CCN(c1ccccc1)N1C=CC(C)[N+](C)=C1N. The van der Waals surface area contributed by atoms with E-state index in [4.69, 9.17) is 5.73 Å².